The summed E-state index contributed by atoms with van der Waals surface area (Å²) in [6.45, 7) is 5.69. The number of carbonyl (C=O) groups is 2. The molecule has 3 amide bonds. The normalized spacial score (nSPS) is 13.8. The van der Waals surface area contributed by atoms with E-state index in [4.69, 9.17) is 22.1 Å². The second kappa shape index (κ2) is 12.3. The molecule has 1 aromatic carbocycles. The minimum atomic E-state index is -0.891. The van der Waals surface area contributed by atoms with E-state index in [1.165, 1.54) is 12.8 Å². The van der Waals surface area contributed by atoms with E-state index in [9.17, 15) is 18.4 Å². The molecule has 2 heterocycles. The lowest BCUT2D eigenvalue weighted by atomic mass is 10.2. The third-order valence-electron chi connectivity index (χ3n) is 5.61. The lowest BCUT2D eigenvalue weighted by Gasteiger charge is -2.22. The summed E-state index contributed by atoms with van der Waals surface area (Å²) < 4.78 is 37.4. The standard InChI is InChI=1S/C22H28ClF2N5O3S/c1-2-30(10-6-5-9-29-7-3-4-8-29)22(32)27-21-18(19(26)31)20(28-34-21)33-13-15-16(24)11-14(23)12-17(15)25/h11-12H,2-10,13H2,1H3,(H2,26,31)(H,27,32). The second-order valence-corrected chi connectivity index (χ2v) is 9.17. The van der Waals surface area contributed by atoms with Crippen LogP contribution >= 0.6 is 23.1 Å². The Bertz CT molecular complexity index is 993. The average molecular weight is 516 g/mol. The molecular weight excluding hydrogens is 488 g/mol. The molecule has 34 heavy (non-hydrogen) atoms. The van der Waals surface area contributed by atoms with E-state index in [0.29, 0.717) is 13.1 Å². The minimum absolute atomic E-state index is 0.0910. The first-order chi connectivity index (χ1) is 16.3. The summed E-state index contributed by atoms with van der Waals surface area (Å²) in [6, 6.07) is 1.52. The first-order valence-corrected chi connectivity index (χ1v) is 12.3. The molecule has 0 spiro atoms. The van der Waals surface area contributed by atoms with Crippen molar-refractivity contribution in [3.63, 3.8) is 0 Å². The van der Waals surface area contributed by atoms with Gasteiger partial charge in [0.15, 0.2) is 0 Å². The predicted molar refractivity (Wildman–Crippen MR) is 128 cm³/mol. The molecule has 0 radical (unpaired) electrons. The number of aromatic nitrogens is 1. The van der Waals surface area contributed by atoms with E-state index in [1.54, 1.807) is 4.90 Å². The number of nitrogens with zero attached hydrogens (tertiary/aromatic N) is 3. The van der Waals surface area contributed by atoms with Crippen molar-refractivity contribution < 1.29 is 23.1 Å². The molecule has 1 fully saturated rings. The van der Waals surface area contributed by atoms with Gasteiger partial charge in [-0.3, -0.25) is 10.1 Å². The number of nitrogens with one attached hydrogen (secondary N) is 1. The van der Waals surface area contributed by atoms with Crippen molar-refractivity contribution in [2.24, 2.45) is 5.73 Å². The number of anilines is 1. The van der Waals surface area contributed by atoms with Gasteiger partial charge in [0, 0.05) is 18.1 Å². The lowest BCUT2D eigenvalue weighted by Crippen LogP contribution is -2.36. The van der Waals surface area contributed by atoms with Gasteiger partial charge in [0.2, 0.25) is 5.88 Å². The third-order valence-corrected chi connectivity index (χ3v) is 6.57. The van der Waals surface area contributed by atoms with Crippen molar-refractivity contribution in [2.75, 3.05) is 38.0 Å². The van der Waals surface area contributed by atoms with Crippen molar-refractivity contribution in [2.45, 2.75) is 39.2 Å². The molecule has 1 aromatic heterocycles. The number of primary amides is 1. The van der Waals surface area contributed by atoms with Gasteiger partial charge in [-0.1, -0.05) is 11.6 Å². The Hall–Kier alpha value is -2.50. The van der Waals surface area contributed by atoms with Crippen molar-refractivity contribution in [1.29, 1.82) is 0 Å². The number of urea groups is 1. The van der Waals surface area contributed by atoms with Gasteiger partial charge < -0.3 is 20.3 Å². The highest BCUT2D eigenvalue weighted by Crippen LogP contribution is 2.31. The van der Waals surface area contributed by atoms with Crippen LogP contribution in [0.4, 0.5) is 18.6 Å². The topological polar surface area (TPSA) is 101 Å². The van der Waals surface area contributed by atoms with E-state index in [0.717, 1.165) is 56.1 Å². The fourth-order valence-electron chi connectivity index (χ4n) is 3.75. The molecule has 0 atom stereocenters. The molecule has 0 unspecified atom stereocenters. The van der Waals surface area contributed by atoms with E-state index in [2.05, 4.69) is 14.6 Å². The summed E-state index contributed by atoms with van der Waals surface area (Å²) in [7, 11) is 0. The predicted octanol–water partition coefficient (Wildman–Crippen LogP) is 4.48. The molecule has 12 heteroatoms. The largest absolute Gasteiger partial charge is 0.471 e. The number of benzene rings is 1. The summed E-state index contributed by atoms with van der Waals surface area (Å²) in [5.41, 5.74) is 4.94. The molecule has 1 aliphatic heterocycles. The lowest BCUT2D eigenvalue weighted by molar-refractivity contribution is 0.0996. The maximum Gasteiger partial charge on any atom is 0.322 e. The zero-order chi connectivity index (χ0) is 24.7. The van der Waals surface area contributed by atoms with Crippen LogP contribution in [-0.2, 0) is 6.61 Å². The van der Waals surface area contributed by atoms with Crippen molar-refractivity contribution in [1.82, 2.24) is 14.2 Å². The summed E-state index contributed by atoms with van der Waals surface area (Å²) in [5, 5.41) is 2.68. The van der Waals surface area contributed by atoms with Gasteiger partial charge in [-0.2, -0.15) is 4.37 Å². The van der Waals surface area contributed by atoms with E-state index in [-0.39, 0.29) is 27.0 Å². The first-order valence-electron chi connectivity index (χ1n) is 11.1. The van der Waals surface area contributed by atoms with E-state index in [1.807, 2.05) is 6.92 Å². The number of hydrogen-bond acceptors (Lipinski definition) is 6. The van der Waals surface area contributed by atoms with Gasteiger partial charge in [-0.25, -0.2) is 13.6 Å². The number of amides is 3. The molecule has 186 valence electrons. The zero-order valence-electron chi connectivity index (χ0n) is 18.9. The fourth-order valence-corrected chi connectivity index (χ4v) is 4.67. The van der Waals surface area contributed by atoms with Crippen LogP contribution in [0.25, 0.3) is 0 Å². The molecule has 0 aliphatic carbocycles. The van der Waals surface area contributed by atoms with Crippen LogP contribution < -0.4 is 15.8 Å². The molecule has 1 aliphatic rings. The van der Waals surface area contributed by atoms with Crippen LogP contribution in [-0.4, -0.2) is 58.8 Å². The monoisotopic (exact) mass is 515 g/mol. The molecule has 2 aromatic rings. The summed E-state index contributed by atoms with van der Waals surface area (Å²) in [5.74, 6) is -2.88. The Balaban J connectivity index is 1.60. The smallest absolute Gasteiger partial charge is 0.322 e. The quantitative estimate of drug-likeness (QED) is 0.430. The highest BCUT2D eigenvalue weighted by molar-refractivity contribution is 7.11. The number of carbonyl (C=O) groups excluding carboxylic acids is 2. The van der Waals surface area contributed by atoms with Crippen LogP contribution in [0.15, 0.2) is 12.1 Å². The number of ether oxygens (including phenoxy) is 1. The number of unbranched alkanes of at least 4 members (excludes halogenated alkanes) is 1. The van der Waals surface area contributed by atoms with Crippen LogP contribution in [0, 0.1) is 11.6 Å². The molecule has 3 rings (SSSR count). The Morgan fingerprint density at radius 1 is 1.26 bits per heavy atom. The van der Waals surface area contributed by atoms with Crippen molar-refractivity contribution in [3.05, 3.63) is 39.9 Å². The summed E-state index contributed by atoms with van der Waals surface area (Å²) >= 11 is 6.43. The number of nitrogens with two attached hydrogens (primary N) is 1. The molecular formula is C22H28ClF2N5O3S. The van der Waals surface area contributed by atoms with Crippen LogP contribution in [0.1, 0.15) is 48.5 Å². The molecule has 0 bridgehead atoms. The van der Waals surface area contributed by atoms with Gasteiger partial charge in [-0.05, 0) is 75.9 Å². The minimum Gasteiger partial charge on any atom is -0.471 e. The van der Waals surface area contributed by atoms with Crippen LogP contribution in [0.2, 0.25) is 5.02 Å². The molecule has 3 N–H and O–H groups in total. The average Bonchev–Trinajstić information content (AvgIpc) is 3.43. The zero-order valence-corrected chi connectivity index (χ0v) is 20.5. The van der Waals surface area contributed by atoms with E-state index < -0.39 is 30.2 Å². The van der Waals surface area contributed by atoms with Gasteiger partial charge in [0.1, 0.15) is 28.8 Å². The van der Waals surface area contributed by atoms with E-state index >= 15 is 0 Å². The molecule has 1 saturated heterocycles. The van der Waals surface area contributed by atoms with Gasteiger partial charge in [-0.15, -0.1) is 0 Å². The molecule has 0 saturated carbocycles. The van der Waals surface area contributed by atoms with Gasteiger partial charge in [0.05, 0.1) is 5.56 Å². The Labute approximate surface area is 206 Å². The van der Waals surface area contributed by atoms with Gasteiger partial charge >= 0.3 is 6.03 Å². The third kappa shape index (κ3) is 6.77. The summed E-state index contributed by atoms with van der Waals surface area (Å²) in [4.78, 5) is 28.8. The SMILES string of the molecule is CCN(CCCCN1CCCC1)C(=O)Nc1snc(OCc2c(F)cc(Cl)cc2F)c1C(N)=O. The number of rotatable bonds is 11. The van der Waals surface area contributed by atoms with Crippen LogP contribution in [0.3, 0.4) is 0 Å². The maximum atomic E-state index is 14.0. The number of hydrogen-bond donors (Lipinski definition) is 2. The fraction of sp³-hybridized carbons (Fsp3) is 0.500. The number of likely N-dealkylation sites (tertiary alicyclic amines) is 1. The maximum absolute atomic E-state index is 14.0. The highest BCUT2D eigenvalue weighted by Gasteiger charge is 2.24. The Morgan fingerprint density at radius 3 is 2.56 bits per heavy atom. The van der Waals surface area contributed by atoms with Crippen LogP contribution in [0.5, 0.6) is 5.88 Å². The van der Waals surface area contributed by atoms with Crippen molar-refractivity contribution in [3.8, 4) is 5.88 Å². The Morgan fingerprint density at radius 2 is 1.94 bits per heavy atom. The summed E-state index contributed by atoms with van der Waals surface area (Å²) in [6.07, 6.45) is 4.34. The Kier molecular flexibility index (Phi) is 9.43. The van der Waals surface area contributed by atoms with Crippen molar-refractivity contribution >= 4 is 40.1 Å². The highest BCUT2D eigenvalue weighted by atomic mass is 35.5. The molecule has 8 nitrogen and oxygen atoms in total. The van der Waals surface area contributed by atoms with Gasteiger partial charge in [0.25, 0.3) is 5.91 Å². The number of halogens is 3. The first kappa shape index (κ1) is 26.1. The second-order valence-electron chi connectivity index (χ2n) is 7.96.